The number of aromatic amines is 1. The minimum absolute atomic E-state index is 0.0139. The van der Waals surface area contributed by atoms with E-state index in [2.05, 4.69) is 4.98 Å². The van der Waals surface area contributed by atoms with Crippen molar-refractivity contribution in [1.82, 2.24) is 9.97 Å². The molecule has 3 aromatic rings. The average molecular weight is 521 g/mol. The lowest BCUT2D eigenvalue weighted by Crippen LogP contribution is -2.18. The summed E-state index contributed by atoms with van der Waals surface area (Å²) in [6.45, 7) is 1.89. The van der Waals surface area contributed by atoms with Crippen molar-refractivity contribution in [2.24, 2.45) is 5.92 Å². The van der Waals surface area contributed by atoms with E-state index in [1.165, 1.54) is 0 Å². The van der Waals surface area contributed by atoms with Crippen LogP contribution in [-0.4, -0.2) is 45.5 Å². The van der Waals surface area contributed by atoms with Gasteiger partial charge < -0.3 is 19.6 Å². The van der Waals surface area contributed by atoms with E-state index in [4.69, 9.17) is 37.7 Å². The maximum atomic E-state index is 12.1. The van der Waals surface area contributed by atoms with Crippen LogP contribution in [0.3, 0.4) is 0 Å². The van der Waals surface area contributed by atoms with Crippen LogP contribution in [-0.2, 0) is 15.5 Å². The minimum atomic E-state index is -0.993. The molecule has 0 aliphatic heterocycles. The number of benzene rings is 2. The second-order valence-electron chi connectivity index (χ2n) is 7.90. The fourth-order valence-electron chi connectivity index (χ4n) is 4.12. The number of methoxy groups -OCH3 is 1. The molecule has 1 aromatic heterocycles. The number of nitrogens with zero attached hydrogens (tertiary/aromatic N) is 1. The van der Waals surface area contributed by atoms with E-state index in [0.29, 0.717) is 50.4 Å². The van der Waals surface area contributed by atoms with E-state index in [9.17, 15) is 9.32 Å². The number of H-pyrrole nitrogens is 1. The van der Waals surface area contributed by atoms with Gasteiger partial charge in [-0.25, -0.2) is 4.98 Å². The van der Waals surface area contributed by atoms with Crippen LogP contribution in [0.4, 0.5) is 0 Å². The van der Waals surface area contributed by atoms with E-state index in [-0.39, 0.29) is 25.2 Å². The SMILES string of the molecule is CCS(=O)C1=CCC(C(CO)c2nc3c(Cl)c(-c4ccccc4OCOC)c(Cl)cc3[nH]2)C=C1. The first-order valence-corrected chi connectivity index (χ1v) is 13.0. The van der Waals surface area contributed by atoms with E-state index in [1.54, 1.807) is 13.2 Å². The number of imidazole rings is 1. The Morgan fingerprint density at radius 2 is 2.12 bits per heavy atom. The largest absolute Gasteiger partial charge is 0.467 e. The van der Waals surface area contributed by atoms with Crippen LogP contribution in [0, 0.1) is 5.92 Å². The molecule has 3 unspecified atom stereocenters. The van der Waals surface area contributed by atoms with Crippen LogP contribution in [0.1, 0.15) is 25.1 Å². The quantitative estimate of drug-likeness (QED) is 0.347. The van der Waals surface area contributed by atoms with Gasteiger partial charge in [0, 0.05) is 34.8 Å². The standard InChI is InChI=1S/C25H26Cl2N2O4S/c1-3-34(31)16-10-8-15(9-11-16)18(13-30)25-28-20-12-19(26)22(23(27)24(20)29-25)17-6-4-5-7-21(17)33-14-32-2/h4-8,10-12,15,18,30H,3,9,13-14H2,1-2H3,(H,28,29). The number of hydrogen-bond acceptors (Lipinski definition) is 5. The van der Waals surface area contributed by atoms with Crippen LogP contribution in [0.15, 0.2) is 53.5 Å². The van der Waals surface area contributed by atoms with Crippen LogP contribution in [0.2, 0.25) is 10.0 Å². The Kier molecular flexibility index (Phi) is 8.11. The van der Waals surface area contributed by atoms with Gasteiger partial charge in [0.1, 0.15) is 17.1 Å². The first-order chi connectivity index (χ1) is 16.5. The maximum Gasteiger partial charge on any atom is 0.188 e. The molecule has 34 heavy (non-hydrogen) atoms. The summed E-state index contributed by atoms with van der Waals surface area (Å²) >= 11 is 13.5. The zero-order valence-electron chi connectivity index (χ0n) is 18.9. The molecule has 6 nitrogen and oxygen atoms in total. The molecule has 1 heterocycles. The Morgan fingerprint density at radius 1 is 1.32 bits per heavy atom. The zero-order valence-corrected chi connectivity index (χ0v) is 21.2. The number of allylic oxidation sites excluding steroid dienone is 3. The summed E-state index contributed by atoms with van der Waals surface area (Å²) < 4.78 is 22.8. The summed E-state index contributed by atoms with van der Waals surface area (Å²) in [4.78, 5) is 8.88. The summed E-state index contributed by atoms with van der Waals surface area (Å²) in [7, 11) is 0.561. The number of hydrogen-bond donors (Lipinski definition) is 2. The Balaban J connectivity index is 1.71. The molecule has 0 amide bonds. The minimum Gasteiger partial charge on any atom is -0.467 e. The molecular weight excluding hydrogens is 495 g/mol. The molecule has 2 N–H and O–H groups in total. The molecule has 0 saturated carbocycles. The smallest absolute Gasteiger partial charge is 0.188 e. The predicted molar refractivity (Wildman–Crippen MR) is 138 cm³/mol. The van der Waals surface area contributed by atoms with Crippen molar-refractivity contribution in [3.63, 3.8) is 0 Å². The molecule has 0 saturated heterocycles. The first-order valence-electron chi connectivity index (χ1n) is 10.9. The van der Waals surface area contributed by atoms with Crippen molar-refractivity contribution in [2.45, 2.75) is 19.3 Å². The molecule has 3 atom stereocenters. The van der Waals surface area contributed by atoms with Crippen molar-refractivity contribution in [3.8, 4) is 16.9 Å². The maximum absolute atomic E-state index is 12.1. The lowest BCUT2D eigenvalue weighted by molar-refractivity contribution is 0.0515. The number of halogens is 2. The monoisotopic (exact) mass is 520 g/mol. The van der Waals surface area contributed by atoms with Gasteiger partial charge in [0.2, 0.25) is 0 Å². The number of para-hydroxylation sites is 1. The van der Waals surface area contributed by atoms with Gasteiger partial charge in [0.25, 0.3) is 0 Å². The summed E-state index contributed by atoms with van der Waals surface area (Å²) in [5, 5.41) is 11.0. The van der Waals surface area contributed by atoms with Crippen molar-refractivity contribution in [1.29, 1.82) is 0 Å². The van der Waals surface area contributed by atoms with Gasteiger partial charge in [0.15, 0.2) is 6.79 Å². The third kappa shape index (κ3) is 4.95. The molecule has 0 radical (unpaired) electrons. The topological polar surface area (TPSA) is 84.4 Å². The number of aliphatic hydroxyl groups is 1. The molecule has 0 fully saturated rings. The highest BCUT2D eigenvalue weighted by atomic mass is 35.5. The number of nitrogens with one attached hydrogen (secondary N) is 1. The summed E-state index contributed by atoms with van der Waals surface area (Å²) in [5.41, 5.74) is 2.61. The van der Waals surface area contributed by atoms with Crippen molar-refractivity contribution in [2.75, 3.05) is 26.3 Å². The second kappa shape index (κ2) is 11.1. The molecule has 2 aromatic carbocycles. The number of aromatic nitrogens is 2. The van der Waals surface area contributed by atoms with Gasteiger partial charge in [-0.05, 0) is 24.5 Å². The van der Waals surface area contributed by atoms with Gasteiger partial charge in [-0.3, -0.25) is 4.21 Å². The molecule has 0 spiro atoms. The average Bonchev–Trinajstić information content (AvgIpc) is 3.27. The highest BCUT2D eigenvalue weighted by Crippen LogP contribution is 2.43. The highest BCUT2D eigenvalue weighted by Gasteiger charge is 2.27. The predicted octanol–water partition coefficient (Wildman–Crippen LogP) is 5.82. The zero-order chi connectivity index (χ0) is 24.2. The van der Waals surface area contributed by atoms with Crippen molar-refractivity contribution in [3.05, 3.63) is 69.3 Å². The lowest BCUT2D eigenvalue weighted by atomic mass is 9.87. The number of fused-ring (bicyclic) bond motifs is 1. The lowest BCUT2D eigenvalue weighted by Gasteiger charge is -2.22. The van der Waals surface area contributed by atoms with Crippen molar-refractivity contribution < 1.29 is 18.8 Å². The molecule has 1 aliphatic carbocycles. The van der Waals surface area contributed by atoms with E-state index in [0.717, 1.165) is 10.5 Å². The fourth-order valence-corrected chi connectivity index (χ4v) is 5.67. The van der Waals surface area contributed by atoms with Crippen LogP contribution < -0.4 is 4.74 Å². The van der Waals surface area contributed by atoms with Gasteiger partial charge in [0.05, 0.1) is 33.0 Å². The normalized spacial score (nSPS) is 17.6. The molecule has 1 aliphatic rings. The third-order valence-electron chi connectivity index (χ3n) is 5.86. The van der Waals surface area contributed by atoms with Crippen LogP contribution in [0.5, 0.6) is 5.75 Å². The Hall–Kier alpha value is -2.16. The van der Waals surface area contributed by atoms with Crippen LogP contribution in [0.25, 0.3) is 22.2 Å². The summed E-state index contributed by atoms with van der Waals surface area (Å²) in [6, 6.07) is 9.24. The van der Waals surface area contributed by atoms with Gasteiger partial charge in [-0.1, -0.05) is 66.6 Å². The van der Waals surface area contributed by atoms with E-state index >= 15 is 0 Å². The number of aliphatic hydroxyl groups excluding tert-OH is 1. The number of rotatable bonds is 9. The molecule has 4 rings (SSSR count). The molecule has 9 heteroatoms. The summed E-state index contributed by atoms with van der Waals surface area (Å²) in [6.07, 6.45) is 6.54. The van der Waals surface area contributed by atoms with E-state index in [1.807, 2.05) is 49.4 Å². The summed E-state index contributed by atoms with van der Waals surface area (Å²) in [5.74, 6) is 1.54. The van der Waals surface area contributed by atoms with Crippen molar-refractivity contribution >= 4 is 45.0 Å². The molecular formula is C25H26Cl2N2O4S. The van der Waals surface area contributed by atoms with Gasteiger partial charge in [-0.15, -0.1) is 0 Å². The second-order valence-corrected chi connectivity index (χ2v) is 10.4. The molecule has 180 valence electrons. The molecule has 0 bridgehead atoms. The van der Waals surface area contributed by atoms with Gasteiger partial charge in [-0.2, -0.15) is 0 Å². The van der Waals surface area contributed by atoms with Gasteiger partial charge >= 0.3 is 0 Å². The highest BCUT2D eigenvalue weighted by molar-refractivity contribution is 7.89. The third-order valence-corrected chi connectivity index (χ3v) is 7.88. The Morgan fingerprint density at radius 3 is 2.79 bits per heavy atom. The Labute approximate surface area is 211 Å². The van der Waals surface area contributed by atoms with E-state index < -0.39 is 10.8 Å². The van der Waals surface area contributed by atoms with Crippen LogP contribution >= 0.6 is 23.2 Å². The number of ether oxygens (including phenoxy) is 2. The fraction of sp³-hybridized carbons (Fsp3) is 0.320. The first kappa shape index (κ1) is 24.9. The Bertz CT molecular complexity index is 1270.